The molecule has 0 bridgehead atoms. The number of morpholine rings is 1. The van der Waals surface area contributed by atoms with Crippen molar-refractivity contribution in [1.29, 1.82) is 0 Å². The Balaban J connectivity index is 2.63. The van der Waals surface area contributed by atoms with Gasteiger partial charge in [-0.25, -0.2) is 0 Å². The van der Waals surface area contributed by atoms with Crippen LogP contribution in [0.5, 0.6) is 0 Å². The minimum atomic E-state index is -0.160. The van der Waals surface area contributed by atoms with Crippen molar-refractivity contribution >= 4 is 5.91 Å². The zero-order valence-corrected chi connectivity index (χ0v) is 9.77. The van der Waals surface area contributed by atoms with E-state index in [2.05, 4.69) is 0 Å². The number of ether oxygens (including phenoxy) is 1. The molecular formula is C11H21NO3. The third-order valence-corrected chi connectivity index (χ3v) is 3.11. The maximum Gasteiger partial charge on any atom is 0.226 e. The van der Waals surface area contributed by atoms with E-state index < -0.39 is 0 Å². The Labute approximate surface area is 91.2 Å². The monoisotopic (exact) mass is 215 g/mol. The van der Waals surface area contributed by atoms with Crippen molar-refractivity contribution in [3.05, 3.63) is 0 Å². The zero-order valence-electron chi connectivity index (χ0n) is 9.77. The smallest absolute Gasteiger partial charge is 0.226 e. The highest BCUT2D eigenvalue weighted by Crippen LogP contribution is 2.17. The van der Waals surface area contributed by atoms with Crippen LogP contribution in [0.3, 0.4) is 0 Å². The lowest BCUT2D eigenvalue weighted by molar-refractivity contribution is -0.146. The first-order chi connectivity index (χ1) is 7.07. The quantitative estimate of drug-likeness (QED) is 0.745. The molecule has 1 fully saturated rings. The van der Waals surface area contributed by atoms with Crippen molar-refractivity contribution in [3.63, 3.8) is 0 Å². The summed E-state index contributed by atoms with van der Waals surface area (Å²) in [6.45, 7) is 7.63. The van der Waals surface area contributed by atoms with Gasteiger partial charge >= 0.3 is 0 Å². The summed E-state index contributed by atoms with van der Waals surface area (Å²) < 4.78 is 5.24. The van der Waals surface area contributed by atoms with Gasteiger partial charge in [0.25, 0.3) is 0 Å². The van der Waals surface area contributed by atoms with E-state index in [9.17, 15) is 4.79 Å². The molecule has 1 aliphatic rings. The first kappa shape index (κ1) is 12.5. The van der Waals surface area contributed by atoms with Gasteiger partial charge in [-0.15, -0.1) is 0 Å². The second-order valence-electron chi connectivity index (χ2n) is 4.48. The van der Waals surface area contributed by atoms with Crippen LogP contribution >= 0.6 is 0 Å². The Morgan fingerprint density at radius 1 is 1.53 bits per heavy atom. The van der Waals surface area contributed by atoms with Gasteiger partial charge in [-0.05, 0) is 5.92 Å². The third-order valence-electron chi connectivity index (χ3n) is 3.11. The lowest BCUT2D eigenvalue weighted by Crippen LogP contribution is -2.52. The highest BCUT2D eigenvalue weighted by Gasteiger charge is 2.30. The first-order valence-corrected chi connectivity index (χ1v) is 5.57. The topological polar surface area (TPSA) is 49.8 Å². The molecule has 0 aromatic rings. The second-order valence-corrected chi connectivity index (χ2v) is 4.48. The number of aliphatic hydroxyl groups excluding tert-OH is 1. The molecule has 88 valence electrons. The van der Waals surface area contributed by atoms with Crippen LogP contribution < -0.4 is 0 Å². The van der Waals surface area contributed by atoms with Crippen molar-refractivity contribution in [2.75, 3.05) is 26.4 Å². The minimum absolute atomic E-state index is 0.0112. The molecule has 0 aromatic carbocycles. The predicted molar refractivity (Wildman–Crippen MR) is 57.4 cm³/mol. The van der Waals surface area contributed by atoms with E-state index in [-0.39, 0.29) is 24.5 Å². The average molecular weight is 215 g/mol. The fourth-order valence-corrected chi connectivity index (χ4v) is 1.64. The van der Waals surface area contributed by atoms with Gasteiger partial charge in [0, 0.05) is 12.5 Å². The van der Waals surface area contributed by atoms with Gasteiger partial charge in [0.15, 0.2) is 0 Å². The summed E-state index contributed by atoms with van der Waals surface area (Å²) >= 11 is 0. The van der Waals surface area contributed by atoms with Gasteiger partial charge in [0.05, 0.1) is 25.9 Å². The number of rotatable bonds is 3. The summed E-state index contributed by atoms with van der Waals surface area (Å²) in [5, 5.41) is 9.16. The molecule has 1 rings (SSSR count). The summed E-state index contributed by atoms with van der Waals surface area (Å²) in [7, 11) is 0. The fourth-order valence-electron chi connectivity index (χ4n) is 1.64. The molecule has 0 radical (unpaired) electrons. The standard InChI is InChI=1S/C11H21NO3/c1-8(2)9(3)11(14)12-4-5-15-7-10(12)6-13/h8-10,13H,4-7H2,1-3H3. The number of hydrogen-bond acceptors (Lipinski definition) is 3. The maximum absolute atomic E-state index is 12.1. The molecular weight excluding hydrogens is 194 g/mol. The highest BCUT2D eigenvalue weighted by atomic mass is 16.5. The van der Waals surface area contributed by atoms with E-state index in [1.54, 1.807) is 4.90 Å². The fraction of sp³-hybridized carbons (Fsp3) is 0.909. The molecule has 4 nitrogen and oxygen atoms in total. The van der Waals surface area contributed by atoms with Gasteiger partial charge in [-0.3, -0.25) is 4.79 Å². The number of carbonyl (C=O) groups excluding carboxylic acids is 1. The second kappa shape index (κ2) is 5.47. The van der Waals surface area contributed by atoms with Crippen LogP contribution in [0.2, 0.25) is 0 Å². The first-order valence-electron chi connectivity index (χ1n) is 5.57. The molecule has 2 unspecified atom stereocenters. The Morgan fingerprint density at radius 3 is 2.73 bits per heavy atom. The summed E-state index contributed by atoms with van der Waals surface area (Å²) in [5.41, 5.74) is 0. The van der Waals surface area contributed by atoms with E-state index in [1.165, 1.54) is 0 Å². The lowest BCUT2D eigenvalue weighted by Gasteiger charge is -2.36. The molecule has 4 heteroatoms. The SMILES string of the molecule is CC(C)C(C)C(=O)N1CCOCC1CO. The largest absolute Gasteiger partial charge is 0.394 e. The number of carbonyl (C=O) groups is 1. The Morgan fingerprint density at radius 2 is 2.20 bits per heavy atom. The highest BCUT2D eigenvalue weighted by molar-refractivity contribution is 5.79. The Bertz CT molecular complexity index is 218. The lowest BCUT2D eigenvalue weighted by atomic mass is 9.96. The van der Waals surface area contributed by atoms with Crippen molar-refractivity contribution in [2.24, 2.45) is 11.8 Å². The van der Waals surface area contributed by atoms with Crippen LogP contribution in [0, 0.1) is 11.8 Å². The molecule has 1 heterocycles. The number of aliphatic hydroxyl groups is 1. The molecule has 1 saturated heterocycles. The minimum Gasteiger partial charge on any atom is -0.394 e. The normalized spacial score (nSPS) is 24.3. The van der Waals surface area contributed by atoms with E-state index in [0.717, 1.165) is 0 Å². The van der Waals surface area contributed by atoms with Crippen LogP contribution in [0.15, 0.2) is 0 Å². The molecule has 0 saturated carbocycles. The summed E-state index contributed by atoms with van der Waals surface area (Å²) in [5.74, 6) is 0.476. The summed E-state index contributed by atoms with van der Waals surface area (Å²) in [6.07, 6.45) is 0. The molecule has 1 amide bonds. The molecule has 0 aliphatic carbocycles. The molecule has 2 atom stereocenters. The third kappa shape index (κ3) is 2.92. The summed E-state index contributed by atoms with van der Waals surface area (Å²) in [4.78, 5) is 13.8. The van der Waals surface area contributed by atoms with Crippen LogP contribution in [-0.2, 0) is 9.53 Å². The van der Waals surface area contributed by atoms with Gasteiger partial charge in [0.1, 0.15) is 0 Å². The van der Waals surface area contributed by atoms with Gasteiger partial charge < -0.3 is 14.7 Å². The van der Waals surface area contributed by atoms with Gasteiger partial charge in [0.2, 0.25) is 5.91 Å². The Kier molecular flexibility index (Phi) is 4.54. The van der Waals surface area contributed by atoms with Crippen LogP contribution in [0.25, 0.3) is 0 Å². The van der Waals surface area contributed by atoms with Gasteiger partial charge in [-0.2, -0.15) is 0 Å². The van der Waals surface area contributed by atoms with Crippen molar-refractivity contribution in [1.82, 2.24) is 4.90 Å². The van der Waals surface area contributed by atoms with E-state index >= 15 is 0 Å². The van der Waals surface area contributed by atoms with Crippen LogP contribution in [0.1, 0.15) is 20.8 Å². The van der Waals surface area contributed by atoms with E-state index in [4.69, 9.17) is 9.84 Å². The van der Waals surface area contributed by atoms with Gasteiger partial charge in [-0.1, -0.05) is 20.8 Å². The molecule has 15 heavy (non-hydrogen) atoms. The molecule has 1 N–H and O–H groups in total. The van der Waals surface area contributed by atoms with E-state index in [0.29, 0.717) is 25.7 Å². The molecule has 1 aliphatic heterocycles. The number of amides is 1. The van der Waals surface area contributed by atoms with Crippen molar-refractivity contribution < 1.29 is 14.6 Å². The van der Waals surface area contributed by atoms with Crippen LogP contribution in [0.4, 0.5) is 0 Å². The van der Waals surface area contributed by atoms with Crippen molar-refractivity contribution in [3.8, 4) is 0 Å². The number of hydrogen-bond donors (Lipinski definition) is 1. The van der Waals surface area contributed by atoms with Crippen LogP contribution in [-0.4, -0.2) is 48.3 Å². The molecule has 0 aromatic heterocycles. The zero-order chi connectivity index (χ0) is 11.4. The maximum atomic E-state index is 12.1. The van der Waals surface area contributed by atoms with Crippen molar-refractivity contribution in [2.45, 2.75) is 26.8 Å². The summed E-state index contributed by atoms with van der Waals surface area (Å²) in [6, 6.07) is -0.160. The number of nitrogens with zero attached hydrogens (tertiary/aromatic N) is 1. The molecule has 0 spiro atoms. The average Bonchev–Trinajstić information content (AvgIpc) is 2.26. The van der Waals surface area contributed by atoms with E-state index in [1.807, 2.05) is 20.8 Å². The predicted octanol–water partition coefficient (Wildman–Crippen LogP) is 0.498. The Hall–Kier alpha value is -0.610.